The number of amides is 2. The molecule has 180 valence electrons. The minimum Gasteiger partial charge on any atom is -0.483 e. The molecule has 2 heterocycles. The predicted molar refractivity (Wildman–Crippen MR) is 132 cm³/mol. The summed E-state index contributed by atoms with van der Waals surface area (Å²) in [6.45, 7) is 5.87. The highest BCUT2D eigenvalue weighted by Crippen LogP contribution is 2.33. The van der Waals surface area contributed by atoms with Crippen LogP contribution in [-0.4, -0.2) is 28.4 Å². The molecule has 3 N–H and O–H groups in total. The fourth-order valence-corrected chi connectivity index (χ4v) is 5.46. The Morgan fingerprint density at radius 2 is 1.94 bits per heavy atom. The minimum atomic E-state index is -0.457. The van der Waals surface area contributed by atoms with Crippen molar-refractivity contribution < 1.29 is 14.3 Å². The topological polar surface area (TPSA) is 113 Å². The van der Waals surface area contributed by atoms with Crippen LogP contribution >= 0.6 is 11.3 Å². The normalized spacial score (nSPS) is 13.1. The van der Waals surface area contributed by atoms with Crippen LogP contribution in [0.2, 0.25) is 0 Å². The van der Waals surface area contributed by atoms with Gasteiger partial charge in [-0.05, 0) is 61.3 Å². The number of benzene rings is 1. The van der Waals surface area contributed by atoms with Gasteiger partial charge in [0.2, 0.25) is 5.91 Å². The first-order chi connectivity index (χ1) is 16.3. The molecule has 34 heavy (non-hydrogen) atoms. The van der Waals surface area contributed by atoms with E-state index in [1.54, 1.807) is 11.3 Å². The zero-order valence-corrected chi connectivity index (χ0v) is 20.6. The second-order valence-electron chi connectivity index (χ2n) is 8.98. The Kier molecular flexibility index (Phi) is 7.31. The van der Waals surface area contributed by atoms with E-state index < -0.39 is 5.91 Å². The molecule has 0 atom stereocenters. The zero-order chi connectivity index (χ0) is 24.2. The van der Waals surface area contributed by atoms with Crippen molar-refractivity contribution in [2.24, 2.45) is 0 Å². The van der Waals surface area contributed by atoms with E-state index in [1.165, 1.54) is 4.88 Å². The number of hydrogen-bond acceptors (Lipinski definition) is 6. The van der Waals surface area contributed by atoms with Gasteiger partial charge in [0.05, 0.1) is 5.39 Å². The van der Waals surface area contributed by atoms with Crippen molar-refractivity contribution in [3.05, 3.63) is 55.9 Å². The number of fused-ring (bicyclic) bond motifs is 3. The smallest absolute Gasteiger partial charge is 0.276 e. The van der Waals surface area contributed by atoms with Gasteiger partial charge in [0, 0.05) is 17.7 Å². The molecule has 0 saturated carbocycles. The van der Waals surface area contributed by atoms with E-state index in [1.807, 2.05) is 25.1 Å². The van der Waals surface area contributed by atoms with Crippen molar-refractivity contribution in [2.45, 2.75) is 65.2 Å². The molecule has 0 aliphatic heterocycles. The standard InChI is InChI=1S/C25H30N4O4S/c1-14(2)16-9-8-15(3)12-18(16)33-13-22(31)29-28-21(30)11-10-20-26-24(32)23-17-6-4-5-7-19(17)34-25(23)27-20/h8-9,12,14H,4-7,10-11,13H2,1-3H3,(H,28,30)(H,29,31)(H,26,27,32). The number of thiophene rings is 1. The second-order valence-corrected chi connectivity index (χ2v) is 10.1. The molecule has 0 spiro atoms. The van der Waals surface area contributed by atoms with Gasteiger partial charge in [-0.3, -0.25) is 25.2 Å². The van der Waals surface area contributed by atoms with E-state index in [0.29, 0.717) is 17.0 Å². The first kappa shape index (κ1) is 23.9. The average Bonchev–Trinajstić information content (AvgIpc) is 3.18. The number of H-pyrrole nitrogens is 1. The van der Waals surface area contributed by atoms with Crippen LogP contribution in [0.25, 0.3) is 10.2 Å². The Hall–Kier alpha value is -3.20. The number of hydrazine groups is 1. The Bertz CT molecular complexity index is 1280. The molecule has 1 aromatic carbocycles. The average molecular weight is 483 g/mol. The van der Waals surface area contributed by atoms with Crippen molar-refractivity contribution in [3.8, 4) is 5.75 Å². The number of aryl methyl sites for hydroxylation is 4. The zero-order valence-electron chi connectivity index (χ0n) is 19.7. The van der Waals surface area contributed by atoms with Gasteiger partial charge in [-0.25, -0.2) is 4.98 Å². The minimum absolute atomic E-state index is 0.0794. The third-order valence-electron chi connectivity index (χ3n) is 5.95. The van der Waals surface area contributed by atoms with Crippen molar-refractivity contribution in [1.82, 2.24) is 20.8 Å². The third kappa shape index (κ3) is 5.47. The number of hydrogen-bond donors (Lipinski definition) is 3. The van der Waals surface area contributed by atoms with Gasteiger partial charge in [0.15, 0.2) is 6.61 Å². The highest BCUT2D eigenvalue weighted by atomic mass is 32.1. The molecule has 9 heteroatoms. The third-order valence-corrected chi connectivity index (χ3v) is 7.14. The Morgan fingerprint density at radius 1 is 1.18 bits per heavy atom. The van der Waals surface area contributed by atoms with Crippen LogP contribution in [0, 0.1) is 6.92 Å². The first-order valence-electron chi connectivity index (χ1n) is 11.7. The van der Waals surface area contributed by atoms with Gasteiger partial charge in [0.1, 0.15) is 16.4 Å². The molecule has 1 aliphatic carbocycles. The summed E-state index contributed by atoms with van der Waals surface area (Å²) in [5.41, 5.74) is 7.83. The van der Waals surface area contributed by atoms with Crippen LogP contribution in [0.15, 0.2) is 23.0 Å². The van der Waals surface area contributed by atoms with Crippen LogP contribution in [0.5, 0.6) is 5.75 Å². The number of nitrogens with zero attached hydrogens (tertiary/aromatic N) is 1. The maximum absolute atomic E-state index is 12.6. The largest absolute Gasteiger partial charge is 0.483 e. The van der Waals surface area contributed by atoms with Crippen molar-refractivity contribution >= 4 is 33.4 Å². The summed E-state index contributed by atoms with van der Waals surface area (Å²) in [6, 6.07) is 5.90. The second kappa shape index (κ2) is 10.4. The van der Waals surface area contributed by atoms with E-state index in [2.05, 4.69) is 34.7 Å². The number of carbonyl (C=O) groups is 2. The molecule has 0 bridgehead atoms. The highest BCUT2D eigenvalue weighted by molar-refractivity contribution is 7.18. The quantitative estimate of drug-likeness (QED) is 0.447. The summed E-state index contributed by atoms with van der Waals surface area (Å²) < 4.78 is 5.68. The van der Waals surface area contributed by atoms with E-state index in [9.17, 15) is 14.4 Å². The summed E-state index contributed by atoms with van der Waals surface area (Å²) >= 11 is 1.58. The van der Waals surface area contributed by atoms with E-state index in [0.717, 1.165) is 47.2 Å². The van der Waals surface area contributed by atoms with Crippen molar-refractivity contribution in [1.29, 1.82) is 0 Å². The van der Waals surface area contributed by atoms with E-state index >= 15 is 0 Å². The number of aromatic nitrogens is 2. The summed E-state index contributed by atoms with van der Waals surface area (Å²) in [4.78, 5) is 46.3. The lowest BCUT2D eigenvalue weighted by Gasteiger charge is -2.15. The molecule has 1 aliphatic rings. The molecule has 2 amide bonds. The molecule has 8 nitrogen and oxygen atoms in total. The molecule has 0 saturated heterocycles. The van der Waals surface area contributed by atoms with Gasteiger partial charge in [-0.2, -0.15) is 0 Å². The molecule has 0 unspecified atom stereocenters. The fourth-order valence-electron chi connectivity index (χ4n) is 4.18. The maximum Gasteiger partial charge on any atom is 0.276 e. The first-order valence-corrected chi connectivity index (χ1v) is 12.5. The summed E-state index contributed by atoms with van der Waals surface area (Å²) in [5.74, 6) is 0.567. The lowest BCUT2D eigenvalue weighted by atomic mass is 9.97. The van der Waals surface area contributed by atoms with E-state index in [4.69, 9.17) is 4.74 Å². The Labute approximate surface area is 202 Å². The van der Waals surface area contributed by atoms with Crippen LogP contribution in [0.3, 0.4) is 0 Å². The molecular weight excluding hydrogens is 452 g/mol. The van der Waals surface area contributed by atoms with Gasteiger partial charge >= 0.3 is 0 Å². The Morgan fingerprint density at radius 3 is 2.74 bits per heavy atom. The molecule has 0 fully saturated rings. The summed E-state index contributed by atoms with van der Waals surface area (Å²) in [5, 5.41) is 0.703. The van der Waals surface area contributed by atoms with Gasteiger partial charge < -0.3 is 9.72 Å². The predicted octanol–water partition coefficient (Wildman–Crippen LogP) is 3.45. The molecule has 2 aromatic heterocycles. The lowest BCUT2D eigenvalue weighted by molar-refractivity contribution is -0.130. The van der Waals surface area contributed by atoms with Crippen LogP contribution in [-0.2, 0) is 28.9 Å². The number of ether oxygens (including phenoxy) is 1. The molecule has 3 aromatic rings. The molecule has 0 radical (unpaired) electrons. The lowest BCUT2D eigenvalue weighted by Crippen LogP contribution is -2.44. The number of nitrogens with one attached hydrogen (secondary N) is 3. The molecule has 4 rings (SSSR count). The number of aromatic amines is 1. The fraction of sp³-hybridized carbons (Fsp3) is 0.440. The monoisotopic (exact) mass is 482 g/mol. The number of carbonyl (C=O) groups excluding carboxylic acids is 2. The van der Waals surface area contributed by atoms with Gasteiger partial charge in [0.25, 0.3) is 11.5 Å². The molecular formula is C25H30N4O4S. The summed E-state index contributed by atoms with van der Waals surface area (Å²) in [6.07, 6.45) is 4.52. The van der Waals surface area contributed by atoms with Gasteiger partial charge in [-0.1, -0.05) is 26.0 Å². The summed E-state index contributed by atoms with van der Waals surface area (Å²) in [7, 11) is 0. The maximum atomic E-state index is 12.6. The van der Waals surface area contributed by atoms with Gasteiger partial charge in [-0.15, -0.1) is 11.3 Å². The van der Waals surface area contributed by atoms with Crippen molar-refractivity contribution in [2.75, 3.05) is 6.61 Å². The van der Waals surface area contributed by atoms with Crippen LogP contribution < -0.4 is 21.1 Å². The highest BCUT2D eigenvalue weighted by Gasteiger charge is 2.20. The SMILES string of the molecule is Cc1ccc(C(C)C)c(OCC(=O)NNC(=O)CCc2nc3sc4c(c3c(=O)[nH]2)CCCC4)c1. The van der Waals surface area contributed by atoms with Crippen LogP contribution in [0.4, 0.5) is 0 Å². The Balaban J connectivity index is 1.28. The van der Waals surface area contributed by atoms with Crippen molar-refractivity contribution in [3.63, 3.8) is 0 Å². The number of rotatable bonds is 7. The van der Waals surface area contributed by atoms with Crippen LogP contribution in [0.1, 0.15) is 66.4 Å². The van der Waals surface area contributed by atoms with E-state index in [-0.39, 0.29) is 36.8 Å².